The van der Waals surface area contributed by atoms with Crippen molar-refractivity contribution in [2.24, 2.45) is 11.1 Å². The number of aliphatic hydroxyl groups excluding tert-OH is 1. The predicted molar refractivity (Wildman–Crippen MR) is 80.8 cm³/mol. The number of nitrogens with two attached hydrogens (primary N) is 2. The molecule has 114 valence electrons. The standard InChI is InChI=1S/C13H23N3O3S/c1-3-9(4-2)12(17)8-16-11-6-5-10(14)7-13(11)20(15,18)19/h5-7,9,12,16-17H,3-4,8,14H2,1-2H3,(H2,15,18,19). The molecule has 0 heterocycles. The Balaban J connectivity index is 2.88. The van der Waals surface area contributed by atoms with Crippen molar-refractivity contribution in [3.05, 3.63) is 18.2 Å². The molecule has 0 saturated carbocycles. The molecule has 0 aliphatic heterocycles. The predicted octanol–water partition coefficient (Wildman–Crippen LogP) is 1.13. The van der Waals surface area contributed by atoms with Crippen LogP contribution in [0.1, 0.15) is 26.7 Å². The van der Waals surface area contributed by atoms with Crippen LogP contribution in [0.15, 0.2) is 23.1 Å². The van der Waals surface area contributed by atoms with Gasteiger partial charge in [-0.15, -0.1) is 0 Å². The van der Waals surface area contributed by atoms with E-state index in [9.17, 15) is 13.5 Å². The third kappa shape index (κ3) is 4.36. The Morgan fingerprint density at radius 2 is 1.90 bits per heavy atom. The van der Waals surface area contributed by atoms with Gasteiger partial charge >= 0.3 is 0 Å². The summed E-state index contributed by atoms with van der Waals surface area (Å²) in [4.78, 5) is -0.0609. The number of primary sulfonamides is 1. The van der Waals surface area contributed by atoms with Gasteiger partial charge in [0.1, 0.15) is 4.90 Å². The highest BCUT2D eigenvalue weighted by Gasteiger charge is 2.18. The van der Waals surface area contributed by atoms with Gasteiger partial charge in [0.25, 0.3) is 0 Å². The van der Waals surface area contributed by atoms with Crippen molar-refractivity contribution in [2.75, 3.05) is 17.6 Å². The van der Waals surface area contributed by atoms with Crippen LogP contribution in [0, 0.1) is 5.92 Å². The van der Waals surface area contributed by atoms with Crippen LogP contribution < -0.4 is 16.2 Å². The second kappa shape index (κ2) is 6.92. The highest BCUT2D eigenvalue weighted by atomic mass is 32.2. The molecular weight excluding hydrogens is 278 g/mol. The summed E-state index contributed by atoms with van der Waals surface area (Å²) in [5, 5.41) is 18.1. The normalized spacial score (nSPS) is 13.4. The van der Waals surface area contributed by atoms with Crippen molar-refractivity contribution >= 4 is 21.4 Å². The maximum atomic E-state index is 11.5. The van der Waals surface area contributed by atoms with Gasteiger partial charge in [0.2, 0.25) is 10.0 Å². The minimum atomic E-state index is -3.86. The van der Waals surface area contributed by atoms with Crippen molar-refractivity contribution < 1.29 is 13.5 Å². The lowest BCUT2D eigenvalue weighted by molar-refractivity contribution is 0.114. The zero-order valence-corrected chi connectivity index (χ0v) is 12.7. The fraction of sp³-hybridized carbons (Fsp3) is 0.538. The molecule has 7 heteroatoms. The summed E-state index contributed by atoms with van der Waals surface area (Å²) in [6.07, 6.45) is 1.18. The Kier molecular flexibility index (Phi) is 5.79. The molecule has 6 N–H and O–H groups in total. The molecule has 0 bridgehead atoms. The van der Waals surface area contributed by atoms with Gasteiger partial charge in [0.15, 0.2) is 0 Å². The van der Waals surface area contributed by atoms with E-state index < -0.39 is 16.1 Å². The highest BCUT2D eigenvalue weighted by molar-refractivity contribution is 7.89. The Bertz CT molecular complexity index is 542. The van der Waals surface area contributed by atoms with Gasteiger partial charge in [-0.1, -0.05) is 26.7 Å². The van der Waals surface area contributed by atoms with Gasteiger partial charge in [-0.2, -0.15) is 0 Å². The van der Waals surface area contributed by atoms with E-state index in [1.165, 1.54) is 6.07 Å². The Morgan fingerprint density at radius 1 is 1.30 bits per heavy atom. The number of hydrogen-bond acceptors (Lipinski definition) is 5. The summed E-state index contributed by atoms with van der Waals surface area (Å²) < 4.78 is 23.0. The van der Waals surface area contributed by atoms with Crippen LogP contribution in [0.25, 0.3) is 0 Å². The van der Waals surface area contributed by atoms with Crippen molar-refractivity contribution in [1.29, 1.82) is 0 Å². The molecule has 0 radical (unpaired) electrons. The molecule has 0 saturated heterocycles. The molecule has 0 spiro atoms. The zero-order chi connectivity index (χ0) is 15.3. The van der Waals surface area contributed by atoms with Crippen LogP contribution in [0.5, 0.6) is 0 Å². The number of nitrogen functional groups attached to an aromatic ring is 1. The van der Waals surface area contributed by atoms with E-state index >= 15 is 0 Å². The van der Waals surface area contributed by atoms with Crippen LogP contribution in [0.4, 0.5) is 11.4 Å². The first-order chi connectivity index (χ1) is 9.29. The topological polar surface area (TPSA) is 118 Å². The lowest BCUT2D eigenvalue weighted by atomic mass is 9.96. The summed E-state index contributed by atoms with van der Waals surface area (Å²) in [6.45, 7) is 4.28. The van der Waals surface area contributed by atoms with Crippen molar-refractivity contribution in [3.8, 4) is 0 Å². The average Bonchev–Trinajstić information content (AvgIpc) is 2.37. The molecule has 1 atom stereocenters. The third-order valence-electron chi connectivity index (χ3n) is 3.41. The summed E-state index contributed by atoms with van der Waals surface area (Å²) in [5.74, 6) is 0.175. The van der Waals surface area contributed by atoms with Crippen LogP contribution in [-0.4, -0.2) is 26.2 Å². The van der Waals surface area contributed by atoms with Gasteiger partial charge in [0.05, 0.1) is 11.8 Å². The minimum Gasteiger partial charge on any atom is -0.399 e. The van der Waals surface area contributed by atoms with Gasteiger partial charge in [0, 0.05) is 12.2 Å². The quantitative estimate of drug-likeness (QED) is 0.563. The van der Waals surface area contributed by atoms with E-state index in [1.54, 1.807) is 12.1 Å². The fourth-order valence-corrected chi connectivity index (χ4v) is 2.88. The third-order valence-corrected chi connectivity index (χ3v) is 4.36. The maximum absolute atomic E-state index is 11.5. The Morgan fingerprint density at radius 3 is 2.40 bits per heavy atom. The highest BCUT2D eigenvalue weighted by Crippen LogP contribution is 2.23. The number of benzene rings is 1. The molecule has 1 aromatic rings. The molecule has 1 unspecified atom stereocenters. The summed E-state index contributed by atoms with van der Waals surface area (Å²) in [7, 11) is -3.86. The van der Waals surface area contributed by atoms with Crippen molar-refractivity contribution in [3.63, 3.8) is 0 Å². The van der Waals surface area contributed by atoms with E-state index in [2.05, 4.69) is 5.32 Å². The van der Waals surface area contributed by atoms with E-state index in [4.69, 9.17) is 10.9 Å². The lowest BCUT2D eigenvalue weighted by Crippen LogP contribution is -2.28. The van der Waals surface area contributed by atoms with Gasteiger partial charge < -0.3 is 16.2 Å². The molecule has 0 aromatic heterocycles. The number of anilines is 2. The van der Waals surface area contributed by atoms with Crippen LogP contribution in [-0.2, 0) is 10.0 Å². The monoisotopic (exact) mass is 301 g/mol. The van der Waals surface area contributed by atoms with Gasteiger partial charge in [-0.3, -0.25) is 0 Å². The fourth-order valence-electron chi connectivity index (χ4n) is 2.13. The molecule has 0 fully saturated rings. The van der Waals surface area contributed by atoms with E-state index in [1.807, 2.05) is 13.8 Å². The SMILES string of the molecule is CCC(CC)C(O)CNc1ccc(N)cc1S(N)(=O)=O. The number of rotatable bonds is 7. The summed E-state index contributed by atoms with van der Waals surface area (Å²) in [6, 6.07) is 4.44. The first-order valence-corrected chi connectivity index (χ1v) is 8.18. The second-order valence-electron chi connectivity index (χ2n) is 4.83. The van der Waals surface area contributed by atoms with Gasteiger partial charge in [-0.25, -0.2) is 13.6 Å². The maximum Gasteiger partial charge on any atom is 0.240 e. The molecular formula is C13H23N3O3S. The average molecular weight is 301 g/mol. The summed E-state index contributed by atoms with van der Waals surface area (Å²) in [5.41, 5.74) is 6.25. The lowest BCUT2D eigenvalue weighted by Gasteiger charge is -2.21. The number of nitrogens with one attached hydrogen (secondary N) is 1. The number of aliphatic hydroxyl groups is 1. The molecule has 0 aliphatic rings. The van der Waals surface area contributed by atoms with E-state index in [0.29, 0.717) is 11.4 Å². The molecule has 20 heavy (non-hydrogen) atoms. The van der Waals surface area contributed by atoms with E-state index in [-0.39, 0.29) is 17.4 Å². The molecule has 6 nitrogen and oxygen atoms in total. The number of sulfonamides is 1. The Hall–Kier alpha value is -1.31. The largest absolute Gasteiger partial charge is 0.399 e. The first kappa shape index (κ1) is 16.7. The first-order valence-electron chi connectivity index (χ1n) is 6.63. The second-order valence-corrected chi connectivity index (χ2v) is 6.36. The molecule has 1 rings (SSSR count). The summed E-state index contributed by atoms with van der Waals surface area (Å²) >= 11 is 0. The van der Waals surface area contributed by atoms with Crippen LogP contribution in [0.2, 0.25) is 0 Å². The molecule has 0 amide bonds. The molecule has 0 aliphatic carbocycles. The van der Waals surface area contributed by atoms with Crippen molar-refractivity contribution in [2.45, 2.75) is 37.7 Å². The molecule has 1 aromatic carbocycles. The minimum absolute atomic E-state index is 0.0609. The van der Waals surface area contributed by atoms with Crippen LogP contribution in [0.3, 0.4) is 0 Å². The smallest absolute Gasteiger partial charge is 0.240 e. The van der Waals surface area contributed by atoms with Gasteiger partial charge in [-0.05, 0) is 24.1 Å². The van der Waals surface area contributed by atoms with Crippen molar-refractivity contribution in [1.82, 2.24) is 0 Å². The number of hydrogen-bond donors (Lipinski definition) is 4. The van der Waals surface area contributed by atoms with Crippen LogP contribution >= 0.6 is 0 Å². The van der Waals surface area contributed by atoms with E-state index in [0.717, 1.165) is 12.8 Å². The zero-order valence-electron chi connectivity index (χ0n) is 11.8. The Labute approximate surface area is 120 Å².